The van der Waals surface area contributed by atoms with Crippen molar-refractivity contribution in [3.63, 3.8) is 0 Å². The van der Waals surface area contributed by atoms with Crippen LogP contribution in [0.4, 0.5) is 4.79 Å². The molecule has 1 atom stereocenters. The van der Waals surface area contributed by atoms with Gasteiger partial charge < -0.3 is 4.74 Å². The zero-order valence-corrected chi connectivity index (χ0v) is 15.0. The predicted molar refractivity (Wildman–Crippen MR) is 94.0 cm³/mol. The summed E-state index contributed by atoms with van der Waals surface area (Å²) in [7, 11) is -3.93. The van der Waals surface area contributed by atoms with E-state index >= 15 is 0 Å². The van der Waals surface area contributed by atoms with Crippen molar-refractivity contribution in [2.24, 2.45) is 0 Å². The molecule has 1 unspecified atom stereocenters. The molecule has 0 aliphatic carbocycles. The smallest absolute Gasteiger partial charge is 0.417 e. The van der Waals surface area contributed by atoms with Crippen LogP contribution < -0.4 is 4.72 Å². The summed E-state index contributed by atoms with van der Waals surface area (Å²) in [6.07, 6.45) is -0.794. The van der Waals surface area contributed by atoms with Crippen molar-refractivity contribution in [1.29, 1.82) is 0 Å². The molecule has 9 heteroatoms. The normalized spacial score (nSPS) is 15.8. The first-order chi connectivity index (χ1) is 12.4. The maximum Gasteiger partial charge on any atom is 0.417 e. The Morgan fingerprint density at radius 3 is 2.46 bits per heavy atom. The second-order valence-electron chi connectivity index (χ2n) is 5.60. The van der Waals surface area contributed by atoms with Crippen LogP contribution in [0.5, 0.6) is 0 Å². The van der Waals surface area contributed by atoms with Crippen LogP contribution in [-0.2, 0) is 19.6 Å². The van der Waals surface area contributed by atoms with Crippen molar-refractivity contribution in [2.75, 3.05) is 13.2 Å². The first-order valence-corrected chi connectivity index (χ1v) is 9.53. The number of carbonyl (C=O) groups is 2. The Balaban J connectivity index is 1.91. The van der Waals surface area contributed by atoms with Gasteiger partial charge in [-0.1, -0.05) is 48.0 Å². The molecule has 0 saturated carbocycles. The number of ether oxygens (including phenoxy) is 1. The molecular formula is C17H15ClN2O5S. The van der Waals surface area contributed by atoms with Gasteiger partial charge in [0.1, 0.15) is 0 Å². The van der Waals surface area contributed by atoms with E-state index < -0.39 is 28.1 Å². The van der Waals surface area contributed by atoms with E-state index in [1.807, 2.05) is 0 Å². The van der Waals surface area contributed by atoms with Crippen molar-refractivity contribution in [2.45, 2.75) is 10.9 Å². The molecule has 0 spiro atoms. The lowest BCUT2D eigenvalue weighted by molar-refractivity contribution is -0.126. The highest BCUT2D eigenvalue weighted by Crippen LogP contribution is 2.22. The average molecular weight is 395 g/mol. The molecule has 1 fully saturated rings. The summed E-state index contributed by atoms with van der Waals surface area (Å²) in [5.74, 6) is -0.516. The van der Waals surface area contributed by atoms with Crippen LogP contribution >= 0.6 is 11.6 Å². The van der Waals surface area contributed by atoms with Gasteiger partial charge in [0.15, 0.2) is 6.61 Å². The first kappa shape index (κ1) is 18.4. The van der Waals surface area contributed by atoms with Crippen molar-refractivity contribution < 1.29 is 22.7 Å². The summed E-state index contributed by atoms with van der Waals surface area (Å²) >= 11 is 5.87. The second-order valence-corrected chi connectivity index (χ2v) is 7.75. The Bertz CT molecular complexity index is 917. The number of amides is 2. The lowest BCUT2D eigenvalue weighted by Crippen LogP contribution is -2.40. The van der Waals surface area contributed by atoms with E-state index in [-0.39, 0.29) is 23.1 Å². The largest absolute Gasteiger partial charge is 0.439 e. The number of imide groups is 1. The van der Waals surface area contributed by atoms with Crippen molar-refractivity contribution >= 4 is 33.6 Å². The molecule has 1 aliphatic heterocycles. The van der Waals surface area contributed by atoms with Gasteiger partial charge in [-0.3, -0.25) is 4.79 Å². The third kappa shape index (κ3) is 4.04. The van der Waals surface area contributed by atoms with E-state index in [4.69, 9.17) is 11.6 Å². The number of hydrogen-bond donors (Lipinski definition) is 1. The highest BCUT2D eigenvalue weighted by Gasteiger charge is 2.34. The lowest BCUT2D eigenvalue weighted by atomic mass is 10.1. The van der Waals surface area contributed by atoms with E-state index in [2.05, 4.69) is 9.46 Å². The molecule has 0 aromatic heterocycles. The van der Waals surface area contributed by atoms with Gasteiger partial charge in [0.2, 0.25) is 10.0 Å². The van der Waals surface area contributed by atoms with Crippen LogP contribution in [0.25, 0.3) is 0 Å². The number of benzene rings is 2. The number of carbonyl (C=O) groups excluding carboxylic acids is 2. The maximum atomic E-state index is 12.7. The quantitative estimate of drug-likeness (QED) is 0.811. The highest BCUT2D eigenvalue weighted by molar-refractivity contribution is 7.89. The maximum absolute atomic E-state index is 12.7. The van der Waals surface area contributed by atoms with Gasteiger partial charge >= 0.3 is 6.09 Å². The zero-order valence-electron chi connectivity index (χ0n) is 13.5. The standard InChI is InChI=1S/C17H15ClN2O5S/c18-13-7-4-8-14(9-13)26(23,24)19-15(12-5-2-1-3-6-12)10-20-16(21)11-25-17(20)22/h1-9,15,19H,10-11H2. The number of nitrogens with zero attached hydrogens (tertiary/aromatic N) is 1. The lowest BCUT2D eigenvalue weighted by Gasteiger charge is -2.22. The minimum Gasteiger partial charge on any atom is -0.439 e. The van der Waals surface area contributed by atoms with Crippen LogP contribution in [0, 0.1) is 0 Å². The Morgan fingerprint density at radius 2 is 1.85 bits per heavy atom. The van der Waals surface area contributed by atoms with Gasteiger partial charge in [-0.25, -0.2) is 22.8 Å². The number of sulfonamides is 1. The Kier molecular flexibility index (Phi) is 5.26. The van der Waals surface area contributed by atoms with Gasteiger partial charge in [-0.05, 0) is 23.8 Å². The van der Waals surface area contributed by atoms with Crippen molar-refractivity contribution in [1.82, 2.24) is 9.62 Å². The minimum absolute atomic E-state index is 0.0127. The van der Waals surface area contributed by atoms with E-state index in [1.54, 1.807) is 36.4 Å². The van der Waals surface area contributed by atoms with Crippen LogP contribution in [0.1, 0.15) is 11.6 Å². The van der Waals surface area contributed by atoms with Crippen LogP contribution in [-0.4, -0.2) is 38.5 Å². The Hall–Kier alpha value is -2.42. The number of cyclic esters (lactones) is 1. The number of rotatable bonds is 6. The van der Waals surface area contributed by atoms with E-state index in [9.17, 15) is 18.0 Å². The Morgan fingerprint density at radius 1 is 1.12 bits per heavy atom. The van der Waals surface area contributed by atoms with E-state index in [0.29, 0.717) is 5.56 Å². The van der Waals surface area contributed by atoms with Gasteiger partial charge in [0, 0.05) is 5.02 Å². The highest BCUT2D eigenvalue weighted by atomic mass is 35.5. The van der Waals surface area contributed by atoms with E-state index in [1.165, 1.54) is 18.2 Å². The average Bonchev–Trinajstić information content (AvgIpc) is 2.93. The second kappa shape index (κ2) is 7.45. The molecule has 2 aromatic rings. The molecule has 1 saturated heterocycles. The SMILES string of the molecule is O=C1COC(=O)N1CC(NS(=O)(=O)c1cccc(Cl)c1)c1ccccc1. The van der Waals surface area contributed by atoms with Crippen LogP contribution in [0.15, 0.2) is 59.5 Å². The van der Waals surface area contributed by atoms with Gasteiger partial charge in [0.05, 0.1) is 17.5 Å². The summed E-state index contributed by atoms with van der Waals surface area (Å²) < 4.78 is 32.7. The molecular weight excluding hydrogens is 380 g/mol. The van der Waals surface area contributed by atoms with Crippen molar-refractivity contribution in [3.05, 3.63) is 65.2 Å². The first-order valence-electron chi connectivity index (χ1n) is 7.67. The molecule has 2 amide bonds. The molecule has 7 nitrogen and oxygen atoms in total. The number of hydrogen-bond acceptors (Lipinski definition) is 5. The molecule has 1 heterocycles. The minimum atomic E-state index is -3.93. The summed E-state index contributed by atoms with van der Waals surface area (Å²) in [6.45, 7) is -0.525. The zero-order chi connectivity index (χ0) is 18.7. The Labute approximate surface area is 155 Å². The summed E-state index contributed by atoms with van der Waals surface area (Å²) in [5, 5.41) is 0.280. The summed E-state index contributed by atoms with van der Waals surface area (Å²) in [6, 6.07) is 13.6. The molecule has 0 radical (unpaired) electrons. The summed E-state index contributed by atoms with van der Waals surface area (Å²) in [4.78, 5) is 24.4. The fourth-order valence-corrected chi connectivity index (χ4v) is 4.04. The van der Waals surface area contributed by atoms with Gasteiger partial charge in [0.25, 0.3) is 5.91 Å². The summed E-state index contributed by atoms with van der Waals surface area (Å²) in [5.41, 5.74) is 0.602. The van der Waals surface area contributed by atoms with Gasteiger partial charge in [-0.2, -0.15) is 0 Å². The molecule has 26 heavy (non-hydrogen) atoms. The molecule has 0 bridgehead atoms. The molecule has 1 N–H and O–H groups in total. The number of halogens is 1. The van der Waals surface area contributed by atoms with E-state index in [0.717, 1.165) is 4.90 Å². The monoisotopic (exact) mass is 394 g/mol. The number of nitrogens with one attached hydrogen (secondary N) is 1. The predicted octanol–water partition coefficient (Wildman–Crippen LogP) is 2.34. The molecule has 1 aliphatic rings. The van der Waals surface area contributed by atoms with Crippen LogP contribution in [0.3, 0.4) is 0 Å². The molecule has 3 rings (SSSR count). The fraction of sp³-hybridized carbons (Fsp3) is 0.176. The molecule has 136 valence electrons. The third-order valence-electron chi connectivity index (χ3n) is 3.81. The van der Waals surface area contributed by atoms with Crippen LogP contribution in [0.2, 0.25) is 5.02 Å². The topological polar surface area (TPSA) is 92.8 Å². The fourth-order valence-electron chi connectivity index (χ4n) is 2.53. The third-order valence-corrected chi connectivity index (χ3v) is 5.52. The van der Waals surface area contributed by atoms with Crippen molar-refractivity contribution in [3.8, 4) is 0 Å². The van der Waals surface area contributed by atoms with Gasteiger partial charge in [-0.15, -0.1) is 0 Å². The molecule has 2 aromatic carbocycles.